The van der Waals surface area contributed by atoms with Crippen LogP contribution in [0.5, 0.6) is 5.88 Å². The number of nitrogens with zero attached hydrogens (tertiary/aromatic N) is 4. The maximum Gasteiger partial charge on any atom is 0.416 e. The van der Waals surface area contributed by atoms with Crippen molar-refractivity contribution >= 4 is 41.8 Å². The normalized spacial score (nSPS) is 13.3. The fraction of sp³-hybridized carbons (Fsp3) is 0.100. The summed E-state index contributed by atoms with van der Waals surface area (Å²) in [6, 6.07) is 11.1. The van der Waals surface area contributed by atoms with E-state index in [0.717, 1.165) is 27.8 Å². The topological polar surface area (TPSA) is 62.2 Å². The summed E-state index contributed by atoms with van der Waals surface area (Å²) in [5, 5.41) is 19.9. The molecule has 0 fully saturated rings. The van der Waals surface area contributed by atoms with Crippen LogP contribution < -0.4 is 10.4 Å². The summed E-state index contributed by atoms with van der Waals surface area (Å²) in [6.45, 7) is 1.36. The van der Waals surface area contributed by atoms with Gasteiger partial charge in [-0.05, 0) is 48.1 Å². The van der Waals surface area contributed by atoms with Crippen LogP contribution in [0.25, 0.3) is 17.6 Å². The highest BCUT2D eigenvalue weighted by atomic mass is 32.1. The van der Waals surface area contributed by atoms with Gasteiger partial charge in [-0.2, -0.15) is 13.2 Å². The number of aliphatic imine (C=N–C) groups is 1. The van der Waals surface area contributed by atoms with Crippen LogP contribution in [0.4, 0.5) is 13.2 Å². The minimum Gasteiger partial charge on any atom is -0.493 e. The number of halogens is 3. The Kier molecular flexibility index (Phi) is 5.12. The van der Waals surface area contributed by atoms with Gasteiger partial charge in [-0.25, -0.2) is 4.99 Å². The second-order valence-corrected chi connectivity index (χ2v) is 8.06. The summed E-state index contributed by atoms with van der Waals surface area (Å²) in [4.78, 5) is 4.47. The molecule has 0 atom stereocenters. The van der Waals surface area contributed by atoms with Crippen LogP contribution in [-0.4, -0.2) is 16.0 Å². The highest BCUT2D eigenvalue weighted by molar-refractivity contribution is 7.73. The molecule has 0 aliphatic carbocycles. The van der Waals surface area contributed by atoms with Crippen molar-refractivity contribution in [3.05, 3.63) is 72.9 Å². The molecule has 0 amide bonds. The summed E-state index contributed by atoms with van der Waals surface area (Å²) in [6.07, 6.45) is -1.42. The summed E-state index contributed by atoms with van der Waals surface area (Å²) in [7, 11) is 0. The van der Waals surface area contributed by atoms with Gasteiger partial charge in [0.25, 0.3) is 0 Å². The highest BCUT2D eigenvalue weighted by Gasteiger charge is 2.33. The first kappa shape index (κ1) is 20.2. The quantitative estimate of drug-likeness (QED) is 0.581. The molecule has 0 saturated heterocycles. The van der Waals surface area contributed by atoms with Gasteiger partial charge in [-0.15, -0.1) is 21.6 Å². The van der Waals surface area contributed by atoms with Crippen LogP contribution in [0.1, 0.15) is 16.0 Å². The molecule has 0 bridgehead atoms. The standard InChI is InChI=1S/C20H13F3N4OS2/c1-11-14(20(21,22)23)3-2-4-15(11)27-18(28)16(30-19(27)29)9-12-5-7-13(8-6-12)17-24-10-25-26-17/h2-10,28H,1H3. The zero-order valence-corrected chi connectivity index (χ0v) is 17.0. The lowest BCUT2D eigenvalue weighted by atomic mass is 10.1. The van der Waals surface area contributed by atoms with E-state index in [4.69, 9.17) is 12.2 Å². The van der Waals surface area contributed by atoms with E-state index in [1.807, 2.05) is 24.3 Å². The lowest BCUT2D eigenvalue weighted by Crippen LogP contribution is -2.10. The molecule has 1 aliphatic heterocycles. The number of aromatic nitrogens is 1. The molecule has 4 rings (SSSR count). The van der Waals surface area contributed by atoms with Crippen LogP contribution in [0.3, 0.4) is 0 Å². The van der Waals surface area contributed by atoms with Crippen molar-refractivity contribution in [3.63, 3.8) is 0 Å². The fourth-order valence-electron chi connectivity index (χ4n) is 3.06. The van der Waals surface area contributed by atoms with Gasteiger partial charge in [0.2, 0.25) is 5.88 Å². The van der Waals surface area contributed by atoms with E-state index in [-0.39, 0.29) is 21.1 Å². The zero-order chi connectivity index (χ0) is 21.5. The van der Waals surface area contributed by atoms with Crippen LogP contribution in [-0.2, 0) is 6.18 Å². The first-order chi connectivity index (χ1) is 14.3. The first-order valence-corrected chi connectivity index (χ1v) is 9.85. The molecule has 2 aromatic carbocycles. The van der Waals surface area contributed by atoms with Gasteiger partial charge in [-0.1, -0.05) is 30.3 Å². The molecule has 1 N–H and O–H groups in total. The summed E-state index contributed by atoms with van der Waals surface area (Å²) in [5.74, 6) is 0.297. The zero-order valence-electron chi connectivity index (χ0n) is 15.4. The Morgan fingerprint density at radius 1 is 1.13 bits per heavy atom. The third-order valence-electron chi connectivity index (χ3n) is 4.51. The molecule has 0 spiro atoms. The molecule has 2 heterocycles. The molecule has 1 aromatic heterocycles. The smallest absolute Gasteiger partial charge is 0.416 e. The van der Waals surface area contributed by atoms with Gasteiger partial charge in [0.15, 0.2) is 9.78 Å². The molecule has 0 radical (unpaired) electrons. The fourth-order valence-corrected chi connectivity index (χ4v) is 4.36. The van der Waals surface area contributed by atoms with E-state index in [2.05, 4.69) is 15.2 Å². The molecule has 0 unspecified atom stereocenters. The van der Waals surface area contributed by atoms with Crippen molar-refractivity contribution < 1.29 is 18.3 Å². The number of aromatic hydroxyl groups is 1. The van der Waals surface area contributed by atoms with Crippen LogP contribution in [0.2, 0.25) is 0 Å². The minimum absolute atomic E-state index is 0.00610. The third-order valence-corrected chi connectivity index (χ3v) is 5.82. The van der Waals surface area contributed by atoms with Gasteiger partial charge in [0.05, 0.1) is 16.1 Å². The molecule has 5 nitrogen and oxygen atoms in total. The Labute approximate surface area is 177 Å². The number of alkyl halides is 3. The number of thiazole rings is 1. The Balaban J connectivity index is 1.80. The second-order valence-electron chi connectivity index (χ2n) is 6.39. The van der Waals surface area contributed by atoms with Crippen molar-refractivity contribution in [2.45, 2.75) is 13.1 Å². The van der Waals surface area contributed by atoms with Gasteiger partial charge in [0.1, 0.15) is 6.34 Å². The average Bonchev–Trinajstić information content (AvgIpc) is 3.31. The highest BCUT2D eigenvalue weighted by Crippen LogP contribution is 2.37. The van der Waals surface area contributed by atoms with Crippen LogP contribution in [0.15, 0.2) is 57.7 Å². The number of azo groups is 1. The monoisotopic (exact) mass is 446 g/mol. The maximum atomic E-state index is 13.3. The maximum absolute atomic E-state index is 13.3. The Hall–Kier alpha value is -3.11. The Bertz CT molecular complexity index is 1350. The molecule has 3 aromatic rings. The van der Waals surface area contributed by atoms with Gasteiger partial charge >= 0.3 is 6.18 Å². The van der Waals surface area contributed by atoms with Gasteiger partial charge in [0, 0.05) is 5.22 Å². The Morgan fingerprint density at radius 2 is 1.87 bits per heavy atom. The molecule has 0 saturated carbocycles. The predicted octanol–water partition coefficient (Wildman–Crippen LogP) is 4.69. The molecule has 152 valence electrons. The number of rotatable bonds is 2. The third kappa shape index (κ3) is 3.71. The van der Waals surface area contributed by atoms with Crippen molar-refractivity contribution in [3.8, 4) is 11.6 Å². The lowest BCUT2D eigenvalue weighted by Gasteiger charge is -2.15. The van der Waals surface area contributed by atoms with Crippen molar-refractivity contribution in [1.29, 1.82) is 0 Å². The van der Waals surface area contributed by atoms with Gasteiger partial charge < -0.3 is 5.11 Å². The number of hydrogen-bond acceptors (Lipinski definition) is 6. The molecular weight excluding hydrogens is 433 g/mol. The van der Waals surface area contributed by atoms with E-state index in [1.165, 1.54) is 30.0 Å². The van der Waals surface area contributed by atoms with E-state index < -0.39 is 11.7 Å². The van der Waals surface area contributed by atoms with Crippen molar-refractivity contribution in [2.24, 2.45) is 15.2 Å². The summed E-state index contributed by atoms with van der Waals surface area (Å²) < 4.78 is 41.3. The molecule has 1 aliphatic rings. The Morgan fingerprint density at radius 3 is 2.50 bits per heavy atom. The average molecular weight is 446 g/mol. The molecule has 30 heavy (non-hydrogen) atoms. The van der Waals surface area contributed by atoms with E-state index in [0.29, 0.717) is 10.7 Å². The number of benzene rings is 2. The molecule has 10 heteroatoms. The van der Waals surface area contributed by atoms with Crippen molar-refractivity contribution in [2.75, 3.05) is 0 Å². The number of hydrogen-bond donors (Lipinski definition) is 1. The van der Waals surface area contributed by atoms with Crippen LogP contribution >= 0.6 is 23.6 Å². The lowest BCUT2D eigenvalue weighted by molar-refractivity contribution is -0.138. The molecular formula is C20H13F3N4OS2. The van der Waals surface area contributed by atoms with Crippen LogP contribution in [0, 0.1) is 10.9 Å². The van der Waals surface area contributed by atoms with E-state index >= 15 is 0 Å². The minimum atomic E-state index is -4.49. The summed E-state index contributed by atoms with van der Waals surface area (Å²) >= 11 is 6.44. The predicted molar refractivity (Wildman–Crippen MR) is 112 cm³/mol. The van der Waals surface area contributed by atoms with Crippen molar-refractivity contribution in [1.82, 2.24) is 4.57 Å². The second kappa shape index (κ2) is 7.62. The summed E-state index contributed by atoms with van der Waals surface area (Å²) in [5.41, 5.74) is -0.578. The first-order valence-electron chi connectivity index (χ1n) is 8.63. The van der Waals surface area contributed by atoms with E-state index in [9.17, 15) is 18.3 Å². The SMILES string of the molecule is Cc1c(-n2c(O)c(C=c3ccc(=C4N=CN=N4)cc3)sc2=S)cccc1C(F)(F)F. The van der Waals surface area contributed by atoms with Gasteiger partial charge in [-0.3, -0.25) is 4.57 Å². The van der Waals surface area contributed by atoms with E-state index in [1.54, 1.807) is 6.08 Å². The largest absolute Gasteiger partial charge is 0.493 e.